The molecule has 0 aliphatic carbocycles. The van der Waals surface area contributed by atoms with Crippen LogP contribution in [0.4, 0.5) is 21.9 Å². The molecular formula is C33H31N4O13P. The van der Waals surface area contributed by atoms with Crippen molar-refractivity contribution in [1.29, 1.82) is 0 Å². The molecule has 0 spiro atoms. The first-order valence-electron chi connectivity index (χ1n) is 15.1. The summed E-state index contributed by atoms with van der Waals surface area (Å²) in [6.45, 7) is -1.04. The number of nitro benzene ring substituents is 3. The molecule has 0 bridgehead atoms. The summed E-state index contributed by atoms with van der Waals surface area (Å²) in [5.74, 6) is -0.942. The number of esters is 1. The van der Waals surface area contributed by atoms with Crippen LogP contribution in [0.2, 0.25) is 0 Å². The molecular weight excluding hydrogens is 691 g/mol. The van der Waals surface area contributed by atoms with Crippen LogP contribution in [-0.4, -0.2) is 39.0 Å². The maximum Gasteiger partial charge on any atom is 0.408 e. The van der Waals surface area contributed by atoms with Gasteiger partial charge in [-0.3, -0.25) is 34.9 Å². The van der Waals surface area contributed by atoms with E-state index in [1.807, 2.05) is 0 Å². The first-order chi connectivity index (χ1) is 24.4. The van der Waals surface area contributed by atoms with Gasteiger partial charge in [-0.05, 0) is 65.1 Å². The molecule has 4 rings (SSSR count). The van der Waals surface area contributed by atoms with Crippen LogP contribution >= 0.6 is 7.60 Å². The molecule has 0 heterocycles. The Kier molecular flexibility index (Phi) is 13.4. The predicted octanol–water partition coefficient (Wildman–Crippen LogP) is 6.77. The minimum Gasteiger partial charge on any atom is -0.459 e. The Morgan fingerprint density at radius 2 is 0.980 bits per heavy atom. The Morgan fingerprint density at radius 3 is 1.41 bits per heavy atom. The van der Waals surface area contributed by atoms with Gasteiger partial charge >= 0.3 is 19.7 Å². The highest BCUT2D eigenvalue weighted by Crippen LogP contribution is 2.50. The van der Waals surface area contributed by atoms with Crippen LogP contribution in [0.5, 0.6) is 0 Å². The molecule has 4 aromatic carbocycles. The zero-order valence-corrected chi connectivity index (χ0v) is 27.6. The summed E-state index contributed by atoms with van der Waals surface area (Å²) >= 11 is 0. The summed E-state index contributed by atoms with van der Waals surface area (Å²) in [5, 5.41) is 35.5. The number of non-ortho nitro benzene ring substituents is 3. The fourth-order valence-corrected chi connectivity index (χ4v) is 5.95. The molecule has 1 atom stereocenters. The lowest BCUT2D eigenvalue weighted by Crippen LogP contribution is -2.42. The van der Waals surface area contributed by atoms with Gasteiger partial charge < -0.3 is 23.8 Å². The van der Waals surface area contributed by atoms with Crippen molar-refractivity contribution in [3.63, 3.8) is 0 Å². The van der Waals surface area contributed by atoms with E-state index in [4.69, 9.17) is 18.5 Å². The molecule has 266 valence electrons. The topological polar surface area (TPSA) is 230 Å². The average Bonchev–Trinajstić information content (AvgIpc) is 3.14. The van der Waals surface area contributed by atoms with Crippen LogP contribution in [0.1, 0.15) is 28.7 Å². The zero-order chi connectivity index (χ0) is 36.8. The summed E-state index contributed by atoms with van der Waals surface area (Å²) in [7, 11) is -4.14. The highest BCUT2D eigenvalue weighted by atomic mass is 31.2. The maximum absolute atomic E-state index is 14.1. The van der Waals surface area contributed by atoms with Gasteiger partial charge in [0.2, 0.25) is 0 Å². The number of hydrogen-bond acceptors (Lipinski definition) is 13. The summed E-state index contributed by atoms with van der Waals surface area (Å²) in [6.07, 6.45) is -1.76. The number of rotatable bonds is 18. The van der Waals surface area contributed by atoms with E-state index < -0.39 is 46.6 Å². The number of carbonyl (C=O) groups is 2. The van der Waals surface area contributed by atoms with Crippen LogP contribution < -0.4 is 5.32 Å². The van der Waals surface area contributed by atoms with E-state index in [0.29, 0.717) is 22.3 Å². The molecule has 17 nitrogen and oxygen atoms in total. The van der Waals surface area contributed by atoms with Gasteiger partial charge in [0.25, 0.3) is 17.1 Å². The lowest BCUT2D eigenvalue weighted by Gasteiger charge is -2.22. The van der Waals surface area contributed by atoms with Gasteiger partial charge in [-0.15, -0.1) is 0 Å². The van der Waals surface area contributed by atoms with Gasteiger partial charge in [-0.25, -0.2) is 9.59 Å². The third-order valence-electron chi connectivity index (χ3n) is 7.16. The molecule has 1 amide bonds. The van der Waals surface area contributed by atoms with Crippen LogP contribution in [-0.2, 0) is 54.3 Å². The molecule has 1 N–H and O–H groups in total. The molecule has 0 aliphatic heterocycles. The summed E-state index contributed by atoms with van der Waals surface area (Å²) in [6, 6.07) is 23.2. The van der Waals surface area contributed by atoms with E-state index in [0.717, 1.165) is 0 Å². The van der Waals surface area contributed by atoms with Crippen molar-refractivity contribution in [3.8, 4) is 0 Å². The highest BCUT2D eigenvalue weighted by molar-refractivity contribution is 7.53. The smallest absolute Gasteiger partial charge is 0.408 e. The quantitative estimate of drug-likeness (QED) is 0.0484. The van der Waals surface area contributed by atoms with Gasteiger partial charge in [-0.1, -0.05) is 30.3 Å². The summed E-state index contributed by atoms with van der Waals surface area (Å²) < 4.78 is 36.1. The van der Waals surface area contributed by atoms with E-state index in [-0.39, 0.29) is 49.9 Å². The van der Waals surface area contributed by atoms with Gasteiger partial charge in [-0.2, -0.15) is 0 Å². The molecule has 0 aliphatic rings. The van der Waals surface area contributed by atoms with E-state index in [1.54, 1.807) is 30.3 Å². The Balaban J connectivity index is 1.49. The third kappa shape index (κ3) is 12.1. The Bertz CT molecular complexity index is 1810. The number of amides is 1. The Morgan fingerprint density at radius 1 is 0.588 bits per heavy atom. The van der Waals surface area contributed by atoms with Gasteiger partial charge in [0.15, 0.2) is 0 Å². The Hall–Kier alpha value is -6.03. The van der Waals surface area contributed by atoms with Crippen LogP contribution in [0.15, 0.2) is 103 Å². The number of hydrogen-bond donors (Lipinski definition) is 1. The van der Waals surface area contributed by atoms with Crippen molar-refractivity contribution in [3.05, 3.63) is 156 Å². The number of carbonyl (C=O) groups excluding carboxylic acids is 2. The van der Waals surface area contributed by atoms with Crippen LogP contribution in [0, 0.1) is 30.3 Å². The normalized spacial score (nSPS) is 11.6. The highest BCUT2D eigenvalue weighted by Gasteiger charge is 2.31. The van der Waals surface area contributed by atoms with Crippen LogP contribution in [0.3, 0.4) is 0 Å². The lowest BCUT2D eigenvalue weighted by atomic mass is 10.2. The minimum atomic E-state index is -4.14. The molecule has 0 saturated carbocycles. The molecule has 0 saturated heterocycles. The van der Waals surface area contributed by atoms with E-state index >= 15 is 0 Å². The zero-order valence-electron chi connectivity index (χ0n) is 26.7. The van der Waals surface area contributed by atoms with Crippen molar-refractivity contribution < 1.29 is 47.4 Å². The standard InChI is InChI=1S/C33H31N4O13P/c38-32(47-20-25-6-12-28(13-7-25)35(40)41)31(34-33(39)48-21-24-4-2-1-3-5-24)18-19-51(46,49-22-26-8-14-29(15-9-26)36(42)43)50-23-27-10-16-30(17-11-27)37(44)45/h1-17,31H,18-23H2,(H,34,39). The third-order valence-corrected chi connectivity index (χ3v) is 9.01. The number of alkyl carbamates (subject to hydrolysis) is 1. The monoisotopic (exact) mass is 722 g/mol. The van der Waals surface area contributed by atoms with Crippen molar-refractivity contribution >= 4 is 36.7 Å². The van der Waals surface area contributed by atoms with Gasteiger partial charge in [0, 0.05) is 36.4 Å². The van der Waals surface area contributed by atoms with Gasteiger partial charge in [0.1, 0.15) is 19.3 Å². The number of nitrogens with one attached hydrogen (secondary N) is 1. The van der Waals surface area contributed by atoms with Crippen molar-refractivity contribution in [2.24, 2.45) is 0 Å². The maximum atomic E-state index is 14.1. The number of ether oxygens (including phenoxy) is 2. The van der Waals surface area contributed by atoms with Crippen molar-refractivity contribution in [2.45, 2.75) is 38.9 Å². The fourth-order valence-electron chi connectivity index (χ4n) is 4.35. The lowest BCUT2D eigenvalue weighted by molar-refractivity contribution is -0.385. The van der Waals surface area contributed by atoms with Crippen molar-refractivity contribution in [2.75, 3.05) is 6.16 Å². The molecule has 51 heavy (non-hydrogen) atoms. The fraction of sp³-hybridized carbons (Fsp3) is 0.212. The second-order valence-electron chi connectivity index (χ2n) is 10.8. The largest absolute Gasteiger partial charge is 0.459 e. The molecule has 4 aromatic rings. The summed E-state index contributed by atoms with van der Waals surface area (Å²) in [4.78, 5) is 57.3. The predicted molar refractivity (Wildman–Crippen MR) is 179 cm³/mol. The van der Waals surface area contributed by atoms with Crippen LogP contribution in [0.25, 0.3) is 0 Å². The number of nitrogens with zero attached hydrogens (tertiary/aromatic N) is 3. The van der Waals surface area contributed by atoms with Gasteiger partial charge in [0.05, 0.1) is 34.1 Å². The number of benzene rings is 4. The molecule has 1 unspecified atom stereocenters. The molecule has 0 aromatic heterocycles. The number of nitro groups is 3. The Labute approximate surface area is 290 Å². The minimum absolute atomic E-state index is 0.119. The first-order valence-corrected chi connectivity index (χ1v) is 16.9. The first kappa shape index (κ1) is 37.8. The van der Waals surface area contributed by atoms with E-state index in [9.17, 15) is 44.5 Å². The molecule has 18 heteroatoms. The SMILES string of the molecule is O=C(NC(CCP(=O)(OCc1ccc([N+](=O)[O-])cc1)OCc1ccc([N+](=O)[O-])cc1)C(=O)OCc1ccc([N+](=O)[O-])cc1)OCc1ccccc1. The van der Waals surface area contributed by atoms with Crippen molar-refractivity contribution in [1.82, 2.24) is 5.32 Å². The van der Waals surface area contributed by atoms with E-state index in [1.165, 1.54) is 72.8 Å². The second-order valence-corrected chi connectivity index (χ2v) is 13.0. The molecule has 0 fully saturated rings. The second kappa shape index (κ2) is 18.1. The average molecular weight is 723 g/mol. The van der Waals surface area contributed by atoms with E-state index in [2.05, 4.69) is 5.32 Å². The summed E-state index contributed by atoms with van der Waals surface area (Å²) in [5.41, 5.74) is 1.43. The molecule has 0 radical (unpaired) electrons.